The summed E-state index contributed by atoms with van der Waals surface area (Å²) in [5.74, 6) is 0.856. The fourth-order valence-electron chi connectivity index (χ4n) is 1.54. The minimum atomic E-state index is 0.0581. The van der Waals surface area contributed by atoms with E-state index in [-0.39, 0.29) is 5.60 Å². The lowest BCUT2D eigenvalue weighted by Crippen LogP contribution is -2.22. The summed E-state index contributed by atoms with van der Waals surface area (Å²) in [6, 6.07) is 0. The summed E-state index contributed by atoms with van der Waals surface area (Å²) in [5.41, 5.74) is 0.0581. The summed E-state index contributed by atoms with van der Waals surface area (Å²) in [7, 11) is 0. The van der Waals surface area contributed by atoms with E-state index in [1.165, 1.54) is 25.7 Å². The van der Waals surface area contributed by atoms with Crippen LogP contribution in [0, 0.1) is 5.92 Å². The predicted octanol–water partition coefficient (Wildman–Crippen LogP) is 2.99. The van der Waals surface area contributed by atoms with E-state index in [0.29, 0.717) is 0 Å². The molecule has 0 atom stereocenters. The van der Waals surface area contributed by atoms with Crippen LogP contribution in [0.5, 0.6) is 0 Å². The Hall–Kier alpha value is -0.0400. The molecule has 1 heteroatoms. The first kappa shape index (κ1) is 9.05. The first-order valence-electron chi connectivity index (χ1n) is 4.72. The molecular weight excluding hydrogens is 136 g/mol. The third-order valence-electron chi connectivity index (χ3n) is 2.23. The van der Waals surface area contributed by atoms with Gasteiger partial charge in [-0.2, -0.15) is 0 Å². The molecule has 0 aromatic rings. The number of hydrogen-bond acceptors (Lipinski definition) is 1. The third kappa shape index (κ3) is 3.76. The van der Waals surface area contributed by atoms with Crippen molar-refractivity contribution in [3.05, 3.63) is 0 Å². The van der Waals surface area contributed by atoms with Crippen LogP contribution >= 0.6 is 0 Å². The van der Waals surface area contributed by atoms with Gasteiger partial charge in [0, 0.05) is 0 Å². The van der Waals surface area contributed by atoms with Gasteiger partial charge in [0.2, 0.25) is 0 Å². The topological polar surface area (TPSA) is 9.23 Å². The zero-order chi connectivity index (χ0) is 8.32. The van der Waals surface area contributed by atoms with Gasteiger partial charge in [0.1, 0.15) is 0 Å². The highest BCUT2D eigenvalue weighted by Crippen LogP contribution is 2.26. The average Bonchev–Trinajstić information content (AvgIpc) is 2.32. The summed E-state index contributed by atoms with van der Waals surface area (Å²) in [4.78, 5) is 0. The molecule has 1 nitrogen and oxygen atoms in total. The van der Waals surface area contributed by atoms with E-state index >= 15 is 0 Å². The SMILES string of the molecule is CC(C)(C)OCC1CCCC1. The van der Waals surface area contributed by atoms with Crippen molar-refractivity contribution in [2.24, 2.45) is 5.92 Å². The van der Waals surface area contributed by atoms with Gasteiger partial charge in [0.05, 0.1) is 12.2 Å². The molecule has 11 heavy (non-hydrogen) atoms. The molecule has 0 aliphatic heterocycles. The standard InChI is InChI=1S/C10H20O/c1-10(2,3)11-8-9-6-4-5-7-9/h9H,4-8H2,1-3H3. The van der Waals surface area contributed by atoms with Crippen LogP contribution in [0.15, 0.2) is 0 Å². The molecule has 0 aromatic heterocycles. The van der Waals surface area contributed by atoms with Crippen molar-refractivity contribution in [1.29, 1.82) is 0 Å². The van der Waals surface area contributed by atoms with Crippen LogP contribution in [-0.2, 0) is 4.74 Å². The molecule has 0 saturated heterocycles. The highest BCUT2D eigenvalue weighted by molar-refractivity contribution is 4.68. The number of ether oxygens (including phenoxy) is 1. The Kier molecular flexibility index (Phi) is 2.94. The number of hydrogen-bond donors (Lipinski definition) is 0. The minimum Gasteiger partial charge on any atom is -0.376 e. The van der Waals surface area contributed by atoms with Crippen molar-refractivity contribution >= 4 is 0 Å². The second-order valence-electron chi connectivity index (χ2n) is 4.57. The van der Waals surface area contributed by atoms with Crippen molar-refractivity contribution in [2.75, 3.05) is 6.61 Å². The highest BCUT2D eigenvalue weighted by Gasteiger charge is 2.18. The first-order chi connectivity index (χ1) is 5.08. The molecule has 66 valence electrons. The lowest BCUT2D eigenvalue weighted by Gasteiger charge is -2.21. The molecule has 1 fully saturated rings. The van der Waals surface area contributed by atoms with Crippen LogP contribution in [-0.4, -0.2) is 12.2 Å². The van der Waals surface area contributed by atoms with Crippen molar-refractivity contribution in [1.82, 2.24) is 0 Å². The third-order valence-corrected chi connectivity index (χ3v) is 2.23. The molecule has 0 amide bonds. The number of rotatable bonds is 2. The van der Waals surface area contributed by atoms with E-state index in [1.54, 1.807) is 0 Å². The smallest absolute Gasteiger partial charge is 0.0598 e. The molecular formula is C10H20O. The minimum absolute atomic E-state index is 0.0581. The largest absolute Gasteiger partial charge is 0.376 e. The maximum Gasteiger partial charge on any atom is 0.0598 e. The maximum atomic E-state index is 5.71. The molecule has 0 aromatic carbocycles. The van der Waals surface area contributed by atoms with Gasteiger partial charge in [-0.25, -0.2) is 0 Å². The molecule has 0 unspecified atom stereocenters. The van der Waals surface area contributed by atoms with E-state index in [1.807, 2.05) is 0 Å². The zero-order valence-electron chi connectivity index (χ0n) is 8.02. The predicted molar refractivity (Wildman–Crippen MR) is 47.7 cm³/mol. The van der Waals surface area contributed by atoms with Gasteiger partial charge in [-0.3, -0.25) is 0 Å². The lowest BCUT2D eigenvalue weighted by atomic mass is 10.1. The van der Waals surface area contributed by atoms with Crippen LogP contribution in [0.25, 0.3) is 0 Å². The summed E-state index contributed by atoms with van der Waals surface area (Å²) in [6.07, 6.45) is 5.60. The van der Waals surface area contributed by atoms with E-state index in [4.69, 9.17) is 4.74 Å². The van der Waals surface area contributed by atoms with Gasteiger partial charge in [-0.05, 0) is 39.5 Å². The Morgan fingerprint density at radius 3 is 2.18 bits per heavy atom. The summed E-state index contributed by atoms with van der Waals surface area (Å²) in [5, 5.41) is 0. The van der Waals surface area contributed by atoms with Crippen LogP contribution in [0.2, 0.25) is 0 Å². The van der Waals surface area contributed by atoms with Crippen LogP contribution in [0.4, 0.5) is 0 Å². The lowest BCUT2D eigenvalue weighted by molar-refractivity contribution is -0.0210. The second-order valence-corrected chi connectivity index (χ2v) is 4.57. The Morgan fingerprint density at radius 2 is 1.73 bits per heavy atom. The quantitative estimate of drug-likeness (QED) is 0.597. The van der Waals surface area contributed by atoms with Gasteiger partial charge in [0.15, 0.2) is 0 Å². The van der Waals surface area contributed by atoms with Crippen LogP contribution in [0.1, 0.15) is 46.5 Å². The summed E-state index contributed by atoms with van der Waals surface area (Å²) in [6.45, 7) is 7.36. The molecule has 0 N–H and O–H groups in total. The van der Waals surface area contributed by atoms with E-state index in [2.05, 4.69) is 20.8 Å². The molecule has 1 rings (SSSR count). The molecule has 0 bridgehead atoms. The van der Waals surface area contributed by atoms with E-state index < -0.39 is 0 Å². The average molecular weight is 156 g/mol. The molecule has 0 spiro atoms. The first-order valence-corrected chi connectivity index (χ1v) is 4.72. The Bertz CT molecular complexity index is 107. The molecule has 0 radical (unpaired) electrons. The summed E-state index contributed by atoms with van der Waals surface area (Å²) >= 11 is 0. The zero-order valence-corrected chi connectivity index (χ0v) is 8.02. The van der Waals surface area contributed by atoms with E-state index in [9.17, 15) is 0 Å². The highest BCUT2D eigenvalue weighted by atomic mass is 16.5. The molecule has 1 aliphatic carbocycles. The van der Waals surface area contributed by atoms with Gasteiger partial charge in [-0.1, -0.05) is 12.8 Å². The molecule has 1 saturated carbocycles. The Morgan fingerprint density at radius 1 is 1.18 bits per heavy atom. The molecule has 0 heterocycles. The van der Waals surface area contributed by atoms with Crippen LogP contribution < -0.4 is 0 Å². The van der Waals surface area contributed by atoms with Crippen molar-refractivity contribution in [2.45, 2.75) is 52.1 Å². The van der Waals surface area contributed by atoms with Crippen molar-refractivity contribution in [3.8, 4) is 0 Å². The fourth-order valence-corrected chi connectivity index (χ4v) is 1.54. The Labute approximate surface area is 70.1 Å². The Balaban J connectivity index is 2.11. The fraction of sp³-hybridized carbons (Fsp3) is 1.00. The second kappa shape index (κ2) is 3.57. The van der Waals surface area contributed by atoms with Gasteiger partial charge >= 0.3 is 0 Å². The van der Waals surface area contributed by atoms with Gasteiger partial charge in [0.25, 0.3) is 0 Å². The van der Waals surface area contributed by atoms with Gasteiger partial charge < -0.3 is 4.74 Å². The maximum absolute atomic E-state index is 5.71. The monoisotopic (exact) mass is 156 g/mol. The normalized spacial score (nSPS) is 21.0. The van der Waals surface area contributed by atoms with Gasteiger partial charge in [-0.15, -0.1) is 0 Å². The van der Waals surface area contributed by atoms with Crippen molar-refractivity contribution in [3.63, 3.8) is 0 Å². The van der Waals surface area contributed by atoms with Crippen molar-refractivity contribution < 1.29 is 4.74 Å². The molecule has 1 aliphatic rings. The van der Waals surface area contributed by atoms with E-state index in [0.717, 1.165) is 12.5 Å². The summed E-state index contributed by atoms with van der Waals surface area (Å²) < 4.78 is 5.71. The van der Waals surface area contributed by atoms with Crippen LogP contribution in [0.3, 0.4) is 0 Å².